The van der Waals surface area contributed by atoms with Crippen molar-refractivity contribution in [2.45, 2.75) is 31.0 Å². The molecule has 1 N–H and O–H groups in total. The molecule has 3 aromatic rings. The molecule has 0 saturated carbocycles. The second-order valence-corrected chi connectivity index (χ2v) is 9.56. The fourth-order valence-corrected chi connectivity index (χ4v) is 4.59. The average Bonchev–Trinajstić information content (AvgIpc) is 2.86. The van der Waals surface area contributed by atoms with Crippen LogP contribution in [0.25, 0.3) is 0 Å². The van der Waals surface area contributed by atoms with Crippen molar-refractivity contribution in [3.05, 3.63) is 89.0 Å². The van der Waals surface area contributed by atoms with Crippen LogP contribution in [0.3, 0.4) is 0 Å². The number of hydrogen-bond donors (Lipinski definition) is 1. The lowest BCUT2D eigenvalue weighted by molar-refractivity contribution is -0.137. The number of benzene rings is 3. The van der Waals surface area contributed by atoms with Crippen molar-refractivity contribution in [2.75, 3.05) is 30.3 Å². The van der Waals surface area contributed by atoms with Gasteiger partial charge in [-0.15, -0.1) is 11.8 Å². The highest BCUT2D eigenvalue weighted by atomic mass is 32.2. The highest BCUT2D eigenvalue weighted by Crippen LogP contribution is 2.33. The molecule has 0 radical (unpaired) electrons. The van der Waals surface area contributed by atoms with Gasteiger partial charge in [0.05, 0.1) is 17.8 Å². The summed E-state index contributed by atoms with van der Waals surface area (Å²) in [5.74, 6) is 1.48. The standard InChI is InChI=1S/C27H27F3N2O2S/c1-2-35-23-10-5-20(6-11-23)18-31-26(33)21-7-12-24-25(17-21)34-16-15-32(24)14-13-19-3-8-22(9-4-19)27(28,29)30/h3-12,17H,2,13-16,18H2,1H3,(H,31,33). The van der Waals surface area contributed by atoms with E-state index in [-0.39, 0.29) is 5.91 Å². The van der Waals surface area contributed by atoms with Crippen molar-refractivity contribution in [2.24, 2.45) is 0 Å². The molecule has 3 aromatic carbocycles. The molecule has 8 heteroatoms. The predicted octanol–water partition coefficient (Wildman–Crippen LogP) is 6.19. The number of thioether (sulfide) groups is 1. The van der Waals surface area contributed by atoms with E-state index >= 15 is 0 Å². The summed E-state index contributed by atoms with van der Waals surface area (Å²) in [6, 6.07) is 18.8. The zero-order chi connectivity index (χ0) is 24.8. The first-order valence-corrected chi connectivity index (χ1v) is 12.5. The Kier molecular flexibility index (Phi) is 7.90. The molecule has 1 aliphatic rings. The second-order valence-electron chi connectivity index (χ2n) is 8.22. The van der Waals surface area contributed by atoms with Crippen molar-refractivity contribution in [1.82, 2.24) is 5.32 Å². The quantitative estimate of drug-likeness (QED) is 0.375. The SMILES string of the molecule is CCSc1ccc(CNC(=O)c2ccc3c(c2)OCCN3CCc2ccc(C(F)(F)F)cc2)cc1. The normalized spacial score (nSPS) is 13.2. The molecule has 0 aromatic heterocycles. The Bertz CT molecular complexity index is 1150. The van der Waals surface area contributed by atoms with Gasteiger partial charge in [-0.05, 0) is 65.8 Å². The van der Waals surface area contributed by atoms with Gasteiger partial charge in [0.25, 0.3) is 5.91 Å². The van der Waals surface area contributed by atoms with E-state index in [1.54, 1.807) is 23.9 Å². The van der Waals surface area contributed by atoms with Crippen LogP contribution in [0.5, 0.6) is 5.75 Å². The highest BCUT2D eigenvalue weighted by Gasteiger charge is 2.30. The molecule has 1 aliphatic heterocycles. The minimum absolute atomic E-state index is 0.176. The number of fused-ring (bicyclic) bond motifs is 1. The number of carbonyl (C=O) groups is 1. The fraction of sp³-hybridized carbons (Fsp3) is 0.296. The first-order chi connectivity index (χ1) is 16.8. The van der Waals surface area contributed by atoms with Gasteiger partial charge in [0, 0.05) is 23.5 Å². The lowest BCUT2D eigenvalue weighted by atomic mass is 10.1. The molecule has 4 rings (SSSR count). The zero-order valence-corrected chi connectivity index (χ0v) is 20.2. The molecule has 0 aliphatic carbocycles. The van der Waals surface area contributed by atoms with Crippen LogP contribution in [0.15, 0.2) is 71.6 Å². The number of amides is 1. The largest absolute Gasteiger partial charge is 0.490 e. The van der Waals surface area contributed by atoms with Crippen molar-refractivity contribution >= 4 is 23.4 Å². The maximum absolute atomic E-state index is 12.8. The number of hydrogen-bond acceptors (Lipinski definition) is 4. The van der Waals surface area contributed by atoms with E-state index in [2.05, 4.69) is 29.3 Å². The summed E-state index contributed by atoms with van der Waals surface area (Å²) in [6.07, 6.45) is -3.72. The number of ether oxygens (including phenoxy) is 1. The van der Waals surface area contributed by atoms with E-state index < -0.39 is 11.7 Å². The van der Waals surface area contributed by atoms with E-state index in [9.17, 15) is 18.0 Å². The average molecular weight is 501 g/mol. The summed E-state index contributed by atoms with van der Waals surface area (Å²) in [4.78, 5) is 16.0. The summed E-state index contributed by atoms with van der Waals surface area (Å²) in [5.41, 5.74) is 2.62. The maximum Gasteiger partial charge on any atom is 0.416 e. The third kappa shape index (κ3) is 6.51. The van der Waals surface area contributed by atoms with E-state index in [1.807, 2.05) is 18.2 Å². The number of alkyl halides is 3. The third-order valence-corrected chi connectivity index (χ3v) is 6.71. The maximum atomic E-state index is 12.8. The Morgan fingerprint density at radius 2 is 1.74 bits per heavy atom. The van der Waals surface area contributed by atoms with Crippen LogP contribution >= 0.6 is 11.8 Å². The molecule has 1 heterocycles. The van der Waals surface area contributed by atoms with Gasteiger partial charge in [-0.1, -0.05) is 31.2 Å². The van der Waals surface area contributed by atoms with Gasteiger partial charge in [-0.25, -0.2) is 0 Å². The first kappa shape index (κ1) is 25.0. The molecule has 4 nitrogen and oxygen atoms in total. The molecule has 1 amide bonds. The molecular formula is C27H27F3N2O2S. The first-order valence-electron chi connectivity index (χ1n) is 11.5. The molecule has 184 valence electrons. The number of halogens is 3. The zero-order valence-electron chi connectivity index (χ0n) is 19.4. The minimum atomic E-state index is -4.33. The summed E-state index contributed by atoms with van der Waals surface area (Å²) < 4.78 is 44.1. The van der Waals surface area contributed by atoms with Gasteiger partial charge in [0.2, 0.25) is 0 Å². The molecule has 35 heavy (non-hydrogen) atoms. The van der Waals surface area contributed by atoms with Gasteiger partial charge >= 0.3 is 6.18 Å². The summed E-state index contributed by atoms with van der Waals surface area (Å²) in [7, 11) is 0. The second kappa shape index (κ2) is 11.1. The highest BCUT2D eigenvalue weighted by molar-refractivity contribution is 7.99. The monoisotopic (exact) mass is 500 g/mol. The van der Waals surface area contributed by atoms with Crippen molar-refractivity contribution in [3.8, 4) is 5.75 Å². The van der Waals surface area contributed by atoms with Crippen LogP contribution < -0.4 is 15.0 Å². The van der Waals surface area contributed by atoms with E-state index in [4.69, 9.17) is 4.74 Å². The topological polar surface area (TPSA) is 41.6 Å². The Balaban J connectivity index is 1.35. The smallest absolute Gasteiger partial charge is 0.416 e. The molecule has 0 fully saturated rings. The van der Waals surface area contributed by atoms with E-state index in [1.165, 1.54) is 17.0 Å². The number of anilines is 1. The molecular weight excluding hydrogens is 473 g/mol. The van der Waals surface area contributed by atoms with Crippen LogP contribution in [0.2, 0.25) is 0 Å². The van der Waals surface area contributed by atoms with Crippen molar-refractivity contribution in [3.63, 3.8) is 0 Å². The van der Waals surface area contributed by atoms with Gasteiger partial charge in [-0.2, -0.15) is 13.2 Å². The lowest BCUT2D eigenvalue weighted by Gasteiger charge is -2.31. The summed E-state index contributed by atoms with van der Waals surface area (Å²) >= 11 is 1.78. The number of carbonyl (C=O) groups excluding carboxylic acids is 1. The summed E-state index contributed by atoms with van der Waals surface area (Å²) in [6.45, 7) is 4.34. The summed E-state index contributed by atoms with van der Waals surface area (Å²) in [5, 5.41) is 2.95. The van der Waals surface area contributed by atoms with Gasteiger partial charge in [-0.3, -0.25) is 4.79 Å². The van der Waals surface area contributed by atoms with Crippen LogP contribution in [0.1, 0.15) is 34.0 Å². The molecule has 0 bridgehead atoms. The Hall–Kier alpha value is -3.13. The molecule has 0 unspecified atom stereocenters. The molecule has 0 saturated heterocycles. The third-order valence-electron chi connectivity index (χ3n) is 5.82. The number of rotatable bonds is 8. The molecule has 0 atom stereocenters. The van der Waals surface area contributed by atoms with Crippen molar-refractivity contribution in [1.29, 1.82) is 0 Å². The fourth-order valence-electron chi connectivity index (χ4n) is 3.93. The molecule has 0 spiro atoms. The van der Waals surface area contributed by atoms with Crippen LogP contribution in [0.4, 0.5) is 18.9 Å². The number of nitrogens with zero attached hydrogens (tertiary/aromatic N) is 1. The van der Waals surface area contributed by atoms with Gasteiger partial charge < -0.3 is 15.0 Å². The van der Waals surface area contributed by atoms with Crippen LogP contribution in [-0.2, 0) is 19.1 Å². The van der Waals surface area contributed by atoms with Crippen LogP contribution in [0, 0.1) is 0 Å². The number of nitrogens with one attached hydrogen (secondary N) is 1. The predicted molar refractivity (Wildman–Crippen MR) is 133 cm³/mol. The Morgan fingerprint density at radius 3 is 2.43 bits per heavy atom. The Morgan fingerprint density at radius 1 is 1.03 bits per heavy atom. The van der Waals surface area contributed by atoms with E-state index in [0.717, 1.165) is 34.7 Å². The van der Waals surface area contributed by atoms with Crippen molar-refractivity contribution < 1.29 is 22.7 Å². The lowest BCUT2D eigenvalue weighted by Crippen LogP contribution is -2.34. The van der Waals surface area contributed by atoms with Gasteiger partial charge in [0.1, 0.15) is 12.4 Å². The van der Waals surface area contributed by atoms with E-state index in [0.29, 0.717) is 44.0 Å². The van der Waals surface area contributed by atoms with Gasteiger partial charge in [0.15, 0.2) is 0 Å². The van der Waals surface area contributed by atoms with Crippen LogP contribution in [-0.4, -0.2) is 31.4 Å². The Labute approximate surface area is 207 Å². The minimum Gasteiger partial charge on any atom is -0.490 e.